The fraction of sp³-hybridized carbons (Fsp3) is 0.250. The van der Waals surface area contributed by atoms with Crippen molar-refractivity contribution < 1.29 is 0 Å². The van der Waals surface area contributed by atoms with E-state index in [4.69, 9.17) is 28.2 Å². The van der Waals surface area contributed by atoms with E-state index in [-0.39, 0.29) is 0 Å². The number of anilines is 1. The largest absolute Gasteiger partial charge is 0.352 e. The number of aromatic nitrogens is 3. The van der Waals surface area contributed by atoms with Gasteiger partial charge in [0, 0.05) is 47.4 Å². The van der Waals surface area contributed by atoms with E-state index in [1.807, 2.05) is 48.5 Å². The summed E-state index contributed by atoms with van der Waals surface area (Å²) in [4.78, 5) is 9.47. The number of rotatable bonds is 3. The number of likely N-dealkylation sites (N-methyl/N-ethyl adjacent to an activating group) is 1. The molecule has 3 aromatic rings. The van der Waals surface area contributed by atoms with Crippen molar-refractivity contribution >= 4 is 29.0 Å². The molecule has 0 atom stereocenters. The lowest BCUT2D eigenvalue weighted by atomic mass is 10.1. The second kappa shape index (κ2) is 7.80. The van der Waals surface area contributed by atoms with E-state index in [2.05, 4.69) is 27.0 Å². The summed E-state index contributed by atoms with van der Waals surface area (Å²) in [7, 11) is 2.13. The summed E-state index contributed by atoms with van der Waals surface area (Å²) in [6.45, 7) is 3.77. The Labute approximate surface area is 168 Å². The van der Waals surface area contributed by atoms with Crippen LogP contribution in [0, 0.1) is 0 Å². The molecule has 5 nitrogen and oxygen atoms in total. The highest BCUT2D eigenvalue weighted by Gasteiger charge is 2.22. The van der Waals surface area contributed by atoms with Crippen molar-refractivity contribution in [3.8, 4) is 22.6 Å². The Bertz CT molecular complexity index is 920. The molecule has 0 spiro atoms. The SMILES string of the molecule is CN1CCN(c2nc(-c3ccc(Cl)cc3)nnc2-c2ccc(Cl)cc2)CC1. The molecule has 1 fully saturated rings. The molecule has 0 saturated carbocycles. The molecule has 0 N–H and O–H groups in total. The summed E-state index contributed by atoms with van der Waals surface area (Å²) in [5, 5.41) is 10.3. The lowest BCUT2D eigenvalue weighted by molar-refractivity contribution is 0.312. The Kier molecular flexibility index (Phi) is 5.25. The van der Waals surface area contributed by atoms with E-state index in [0.29, 0.717) is 15.9 Å². The van der Waals surface area contributed by atoms with E-state index in [1.54, 1.807) is 0 Å². The molecule has 1 aliphatic rings. The van der Waals surface area contributed by atoms with Crippen molar-refractivity contribution in [3.63, 3.8) is 0 Å². The molecule has 0 bridgehead atoms. The van der Waals surface area contributed by atoms with Crippen molar-refractivity contribution in [2.45, 2.75) is 0 Å². The fourth-order valence-corrected chi connectivity index (χ4v) is 3.32. The average Bonchev–Trinajstić information content (AvgIpc) is 2.69. The predicted octanol–water partition coefficient (Wildman–Crippen LogP) is 4.26. The van der Waals surface area contributed by atoms with E-state index in [0.717, 1.165) is 48.8 Å². The number of piperazine rings is 1. The molecular weight excluding hydrogens is 381 g/mol. The van der Waals surface area contributed by atoms with Gasteiger partial charge in [-0.2, -0.15) is 0 Å². The molecule has 0 amide bonds. The van der Waals surface area contributed by atoms with Crippen LogP contribution in [0.25, 0.3) is 22.6 Å². The van der Waals surface area contributed by atoms with Gasteiger partial charge < -0.3 is 9.80 Å². The maximum absolute atomic E-state index is 6.04. The van der Waals surface area contributed by atoms with Crippen LogP contribution in [0.5, 0.6) is 0 Å². The quantitative estimate of drug-likeness (QED) is 0.657. The second-order valence-corrected chi connectivity index (χ2v) is 7.48. The van der Waals surface area contributed by atoms with Crippen molar-refractivity contribution in [2.24, 2.45) is 0 Å². The third-order valence-electron chi connectivity index (χ3n) is 4.69. The minimum Gasteiger partial charge on any atom is -0.352 e. The van der Waals surface area contributed by atoms with Crippen LogP contribution in [0.3, 0.4) is 0 Å². The first kappa shape index (κ1) is 18.2. The molecule has 0 unspecified atom stereocenters. The summed E-state index contributed by atoms with van der Waals surface area (Å²) < 4.78 is 0. The number of benzene rings is 2. The highest BCUT2D eigenvalue weighted by molar-refractivity contribution is 6.30. The number of hydrogen-bond donors (Lipinski definition) is 0. The molecule has 0 radical (unpaired) electrons. The van der Waals surface area contributed by atoms with Crippen molar-refractivity contribution in [1.29, 1.82) is 0 Å². The van der Waals surface area contributed by atoms with Gasteiger partial charge in [-0.3, -0.25) is 0 Å². The van der Waals surface area contributed by atoms with Crippen LogP contribution in [0.4, 0.5) is 5.82 Å². The van der Waals surface area contributed by atoms with Gasteiger partial charge in [0.15, 0.2) is 11.6 Å². The van der Waals surface area contributed by atoms with Crippen LogP contribution in [-0.4, -0.2) is 53.3 Å². The van der Waals surface area contributed by atoms with Gasteiger partial charge in [0.05, 0.1) is 0 Å². The molecule has 4 rings (SSSR count). The third-order valence-corrected chi connectivity index (χ3v) is 5.20. The number of halogens is 2. The predicted molar refractivity (Wildman–Crippen MR) is 110 cm³/mol. The Balaban J connectivity index is 1.78. The maximum atomic E-state index is 6.04. The lowest BCUT2D eigenvalue weighted by Crippen LogP contribution is -2.45. The molecule has 27 heavy (non-hydrogen) atoms. The Morgan fingerprint density at radius 3 is 1.89 bits per heavy atom. The fourth-order valence-electron chi connectivity index (χ4n) is 3.07. The molecule has 1 aliphatic heterocycles. The topological polar surface area (TPSA) is 45.2 Å². The molecule has 0 aliphatic carbocycles. The molecule has 2 heterocycles. The highest BCUT2D eigenvalue weighted by Crippen LogP contribution is 2.30. The van der Waals surface area contributed by atoms with Gasteiger partial charge in [0.2, 0.25) is 0 Å². The zero-order valence-corrected chi connectivity index (χ0v) is 16.5. The van der Waals surface area contributed by atoms with Gasteiger partial charge in [0.1, 0.15) is 5.69 Å². The Hall–Kier alpha value is -2.21. The van der Waals surface area contributed by atoms with E-state index >= 15 is 0 Å². The molecular formula is C20H19Cl2N5. The number of nitrogens with zero attached hydrogens (tertiary/aromatic N) is 5. The smallest absolute Gasteiger partial charge is 0.183 e. The standard InChI is InChI=1S/C20H19Cl2N5/c1-26-10-12-27(13-11-26)20-18(14-2-6-16(21)7-3-14)24-25-19(23-20)15-4-8-17(22)9-5-15/h2-9H,10-13H2,1H3. The van der Waals surface area contributed by atoms with Gasteiger partial charge >= 0.3 is 0 Å². The zero-order chi connectivity index (χ0) is 18.8. The molecule has 138 valence electrons. The Morgan fingerprint density at radius 2 is 1.30 bits per heavy atom. The van der Waals surface area contributed by atoms with Gasteiger partial charge in [-0.25, -0.2) is 4.98 Å². The van der Waals surface area contributed by atoms with Gasteiger partial charge in [-0.1, -0.05) is 35.3 Å². The van der Waals surface area contributed by atoms with Crippen LogP contribution in [0.15, 0.2) is 48.5 Å². The van der Waals surface area contributed by atoms with Gasteiger partial charge in [-0.05, 0) is 43.4 Å². The zero-order valence-electron chi connectivity index (χ0n) is 14.9. The van der Waals surface area contributed by atoms with Crippen LogP contribution < -0.4 is 4.90 Å². The first-order valence-electron chi connectivity index (χ1n) is 8.80. The van der Waals surface area contributed by atoms with Crippen molar-refractivity contribution in [2.75, 3.05) is 38.1 Å². The summed E-state index contributed by atoms with van der Waals surface area (Å²) in [5.41, 5.74) is 2.62. The minimum atomic E-state index is 0.596. The monoisotopic (exact) mass is 399 g/mol. The summed E-state index contributed by atoms with van der Waals surface area (Å²) >= 11 is 12.0. The van der Waals surface area contributed by atoms with Crippen LogP contribution in [0.2, 0.25) is 10.0 Å². The highest BCUT2D eigenvalue weighted by atomic mass is 35.5. The second-order valence-electron chi connectivity index (χ2n) is 6.61. The maximum Gasteiger partial charge on any atom is 0.183 e. The van der Waals surface area contributed by atoms with Crippen LogP contribution in [0.1, 0.15) is 0 Å². The van der Waals surface area contributed by atoms with Gasteiger partial charge in [-0.15, -0.1) is 10.2 Å². The summed E-state index contributed by atoms with van der Waals surface area (Å²) in [5.74, 6) is 1.45. The lowest BCUT2D eigenvalue weighted by Gasteiger charge is -2.34. The van der Waals surface area contributed by atoms with Crippen molar-refractivity contribution in [3.05, 3.63) is 58.6 Å². The summed E-state index contributed by atoms with van der Waals surface area (Å²) in [6.07, 6.45) is 0. The normalized spacial score (nSPS) is 15.1. The molecule has 2 aromatic carbocycles. The van der Waals surface area contributed by atoms with Gasteiger partial charge in [0.25, 0.3) is 0 Å². The first-order chi connectivity index (χ1) is 13.1. The van der Waals surface area contributed by atoms with E-state index in [1.165, 1.54) is 0 Å². The van der Waals surface area contributed by atoms with E-state index in [9.17, 15) is 0 Å². The average molecular weight is 400 g/mol. The third kappa shape index (κ3) is 4.05. The Morgan fingerprint density at radius 1 is 0.741 bits per heavy atom. The first-order valence-corrected chi connectivity index (χ1v) is 9.56. The number of hydrogen-bond acceptors (Lipinski definition) is 5. The van der Waals surface area contributed by atoms with E-state index < -0.39 is 0 Å². The minimum absolute atomic E-state index is 0.596. The van der Waals surface area contributed by atoms with Crippen molar-refractivity contribution in [1.82, 2.24) is 20.1 Å². The molecule has 1 saturated heterocycles. The molecule has 1 aromatic heterocycles. The van der Waals surface area contributed by atoms with Crippen LogP contribution in [-0.2, 0) is 0 Å². The summed E-state index contributed by atoms with van der Waals surface area (Å²) in [6, 6.07) is 15.1. The molecule has 7 heteroatoms. The van der Waals surface area contributed by atoms with Crippen LogP contribution >= 0.6 is 23.2 Å².